The van der Waals surface area contributed by atoms with Crippen molar-refractivity contribution in [3.05, 3.63) is 24.0 Å². The molecule has 0 saturated carbocycles. The Morgan fingerprint density at radius 1 is 1.64 bits per heavy atom. The molecule has 0 fully saturated rings. The van der Waals surface area contributed by atoms with Gasteiger partial charge in [0, 0.05) is 36.8 Å². The molecule has 0 radical (unpaired) electrons. The van der Waals surface area contributed by atoms with Crippen LogP contribution < -0.4 is 0 Å². The number of Topliss-reactive ketones (excluding diaryl/α,β-unsaturated/α-hetero) is 1. The zero-order valence-electron chi connectivity index (χ0n) is 8.66. The molecule has 2 heteroatoms. The Hall–Kier alpha value is -1.49. The van der Waals surface area contributed by atoms with E-state index in [4.69, 9.17) is 6.42 Å². The van der Waals surface area contributed by atoms with Crippen molar-refractivity contribution in [3.8, 4) is 12.3 Å². The highest BCUT2D eigenvalue weighted by molar-refractivity contribution is 5.97. The minimum atomic E-state index is 0.0542. The third-order valence-corrected chi connectivity index (χ3v) is 2.07. The highest BCUT2D eigenvalue weighted by Crippen LogP contribution is 2.09. The van der Waals surface area contributed by atoms with E-state index >= 15 is 0 Å². The molecule has 1 aromatic rings. The predicted molar refractivity (Wildman–Crippen MR) is 57.1 cm³/mol. The largest absolute Gasteiger partial charge is 0.353 e. The summed E-state index contributed by atoms with van der Waals surface area (Å²) in [4.78, 5) is 11.6. The van der Waals surface area contributed by atoms with Gasteiger partial charge < -0.3 is 4.57 Å². The average Bonchev–Trinajstić information content (AvgIpc) is 2.61. The molecule has 0 aliphatic heterocycles. The zero-order valence-corrected chi connectivity index (χ0v) is 8.66. The lowest BCUT2D eigenvalue weighted by atomic mass is 10.0. The van der Waals surface area contributed by atoms with Crippen LogP contribution in [-0.4, -0.2) is 10.4 Å². The molecule has 2 nitrogen and oxygen atoms in total. The van der Waals surface area contributed by atoms with Crippen LogP contribution in [0, 0.1) is 18.3 Å². The van der Waals surface area contributed by atoms with Crippen LogP contribution in [0.5, 0.6) is 0 Å². The van der Waals surface area contributed by atoms with Crippen LogP contribution in [0.25, 0.3) is 0 Å². The topological polar surface area (TPSA) is 22.0 Å². The van der Waals surface area contributed by atoms with Gasteiger partial charge in [0.25, 0.3) is 0 Å². The van der Waals surface area contributed by atoms with E-state index in [-0.39, 0.29) is 11.7 Å². The van der Waals surface area contributed by atoms with E-state index in [9.17, 15) is 4.79 Å². The SMILES string of the molecule is C#CCCn1ccc(C(=O)C(C)C)c1. The molecule has 74 valence electrons. The van der Waals surface area contributed by atoms with Crippen molar-refractivity contribution in [1.29, 1.82) is 0 Å². The number of carbonyl (C=O) groups excluding carboxylic acids is 1. The first-order valence-electron chi connectivity index (χ1n) is 4.78. The van der Waals surface area contributed by atoms with Crippen LogP contribution in [0.3, 0.4) is 0 Å². The molecule has 0 aromatic carbocycles. The van der Waals surface area contributed by atoms with Gasteiger partial charge in [-0.2, -0.15) is 0 Å². The number of rotatable bonds is 4. The molecule has 14 heavy (non-hydrogen) atoms. The molecule has 0 bridgehead atoms. The molecule has 1 heterocycles. The van der Waals surface area contributed by atoms with Crippen molar-refractivity contribution < 1.29 is 4.79 Å². The van der Waals surface area contributed by atoms with Gasteiger partial charge in [0.2, 0.25) is 0 Å². The number of nitrogens with zero attached hydrogens (tertiary/aromatic N) is 1. The summed E-state index contributed by atoms with van der Waals surface area (Å²) in [6.45, 7) is 4.59. The van der Waals surface area contributed by atoms with Gasteiger partial charge in [0.1, 0.15) is 0 Å². The molecular weight excluding hydrogens is 174 g/mol. The van der Waals surface area contributed by atoms with Gasteiger partial charge in [-0.3, -0.25) is 4.79 Å². The Balaban J connectivity index is 2.69. The van der Waals surface area contributed by atoms with Gasteiger partial charge >= 0.3 is 0 Å². The molecule has 0 N–H and O–H groups in total. The monoisotopic (exact) mass is 189 g/mol. The number of aromatic nitrogens is 1. The van der Waals surface area contributed by atoms with Gasteiger partial charge in [-0.1, -0.05) is 13.8 Å². The summed E-state index contributed by atoms with van der Waals surface area (Å²) in [5.74, 6) is 2.81. The van der Waals surface area contributed by atoms with Crippen LogP contribution in [0.15, 0.2) is 18.5 Å². The van der Waals surface area contributed by atoms with Crippen LogP contribution >= 0.6 is 0 Å². The van der Waals surface area contributed by atoms with Crippen molar-refractivity contribution in [2.45, 2.75) is 26.8 Å². The van der Waals surface area contributed by atoms with Gasteiger partial charge in [-0.25, -0.2) is 0 Å². The standard InChI is InChI=1S/C12H15NO/c1-4-5-7-13-8-6-11(9-13)12(14)10(2)3/h1,6,8-10H,5,7H2,2-3H3. The summed E-state index contributed by atoms with van der Waals surface area (Å²) in [6, 6.07) is 1.85. The highest BCUT2D eigenvalue weighted by atomic mass is 16.1. The number of hydrogen-bond donors (Lipinski definition) is 0. The molecule has 1 rings (SSSR count). The van der Waals surface area contributed by atoms with E-state index in [2.05, 4.69) is 5.92 Å². The van der Waals surface area contributed by atoms with E-state index in [0.717, 1.165) is 12.1 Å². The molecule has 0 spiro atoms. The number of ketones is 1. The second-order valence-electron chi connectivity index (χ2n) is 3.61. The first kappa shape index (κ1) is 10.6. The Morgan fingerprint density at radius 2 is 2.36 bits per heavy atom. The molecule has 0 aliphatic rings. The van der Waals surface area contributed by atoms with Crippen molar-refractivity contribution in [3.63, 3.8) is 0 Å². The second-order valence-corrected chi connectivity index (χ2v) is 3.61. The Morgan fingerprint density at radius 3 is 2.93 bits per heavy atom. The molecule has 0 unspecified atom stereocenters. The summed E-state index contributed by atoms with van der Waals surface area (Å²) in [6.07, 6.45) is 9.62. The third kappa shape index (κ3) is 2.50. The molecule has 0 amide bonds. The maximum absolute atomic E-state index is 11.6. The number of aryl methyl sites for hydroxylation is 1. The number of hydrogen-bond acceptors (Lipinski definition) is 1. The normalized spacial score (nSPS) is 10.1. The van der Waals surface area contributed by atoms with Gasteiger partial charge in [-0.15, -0.1) is 12.3 Å². The fourth-order valence-corrected chi connectivity index (χ4v) is 1.25. The molecule has 0 saturated heterocycles. The minimum Gasteiger partial charge on any atom is -0.353 e. The fourth-order valence-electron chi connectivity index (χ4n) is 1.25. The smallest absolute Gasteiger partial charge is 0.166 e. The lowest BCUT2D eigenvalue weighted by Crippen LogP contribution is -2.06. The van der Waals surface area contributed by atoms with Crippen LogP contribution in [0.4, 0.5) is 0 Å². The van der Waals surface area contributed by atoms with Gasteiger partial charge in [0.05, 0.1) is 0 Å². The Bertz CT molecular complexity index is 355. The lowest BCUT2D eigenvalue weighted by Gasteiger charge is -2.00. The van der Waals surface area contributed by atoms with Crippen LogP contribution in [0.2, 0.25) is 0 Å². The van der Waals surface area contributed by atoms with Crippen molar-refractivity contribution in [1.82, 2.24) is 4.57 Å². The maximum atomic E-state index is 11.6. The Labute approximate surface area is 84.9 Å². The van der Waals surface area contributed by atoms with E-state index < -0.39 is 0 Å². The summed E-state index contributed by atoms with van der Waals surface area (Å²) < 4.78 is 1.95. The van der Waals surface area contributed by atoms with Gasteiger partial charge in [0.15, 0.2) is 5.78 Å². The summed E-state index contributed by atoms with van der Waals surface area (Å²) in [5, 5.41) is 0. The molecular formula is C12H15NO. The molecule has 0 atom stereocenters. The molecule has 0 aliphatic carbocycles. The van der Waals surface area contributed by atoms with E-state index in [1.807, 2.05) is 36.9 Å². The van der Waals surface area contributed by atoms with E-state index in [1.54, 1.807) is 0 Å². The second kappa shape index (κ2) is 4.66. The quantitative estimate of drug-likeness (QED) is 0.526. The highest BCUT2D eigenvalue weighted by Gasteiger charge is 2.10. The van der Waals surface area contributed by atoms with Gasteiger partial charge in [-0.05, 0) is 6.07 Å². The zero-order chi connectivity index (χ0) is 10.6. The lowest BCUT2D eigenvalue weighted by molar-refractivity contribution is 0.0939. The van der Waals surface area contributed by atoms with Crippen molar-refractivity contribution in [2.75, 3.05) is 0 Å². The van der Waals surface area contributed by atoms with Crippen molar-refractivity contribution >= 4 is 5.78 Å². The number of terminal acetylenes is 1. The summed E-state index contributed by atoms with van der Waals surface area (Å²) in [7, 11) is 0. The minimum absolute atomic E-state index is 0.0542. The van der Waals surface area contributed by atoms with Crippen molar-refractivity contribution in [2.24, 2.45) is 5.92 Å². The Kier molecular flexibility index (Phi) is 3.53. The van der Waals surface area contributed by atoms with Crippen LogP contribution in [0.1, 0.15) is 30.6 Å². The van der Waals surface area contributed by atoms with Crippen LogP contribution in [-0.2, 0) is 6.54 Å². The fraction of sp³-hybridized carbons (Fsp3) is 0.417. The number of carbonyl (C=O) groups is 1. The van der Waals surface area contributed by atoms with E-state index in [0.29, 0.717) is 6.42 Å². The summed E-state index contributed by atoms with van der Waals surface area (Å²) in [5.41, 5.74) is 0.775. The van der Waals surface area contributed by atoms with E-state index in [1.165, 1.54) is 0 Å². The first-order valence-corrected chi connectivity index (χ1v) is 4.78. The first-order chi connectivity index (χ1) is 6.65. The molecule has 1 aromatic heterocycles. The maximum Gasteiger partial charge on any atom is 0.166 e. The average molecular weight is 189 g/mol. The predicted octanol–water partition coefficient (Wildman–Crippen LogP) is 2.35. The third-order valence-electron chi connectivity index (χ3n) is 2.07. The summed E-state index contributed by atoms with van der Waals surface area (Å²) >= 11 is 0.